The van der Waals surface area contributed by atoms with Gasteiger partial charge < -0.3 is 10.1 Å². The number of hydrogen-bond donors (Lipinski definition) is 1. The summed E-state index contributed by atoms with van der Waals surface area (Å²) in [7, 11) is 0. The number of aromatic nitrogens is 2. The maximum atomic E-state index is 11.4. The highest BCUT2D eigenvalue weighted by atomic mass is 16.5. The smallest absolute Gasteiger partial charge is 0.326 e. The number of carbonyl (C=O) groups is 1. The maximum Gasteiger partial charge on any atom is 0.326 e. The van der Waals surface area contributed by atoms with Gasteiger partial charge in [-0.15, -0.1) is 0 Å². The summed E-state index contributed by atoms with van der Waals surface area (Å²) in [5.41, 5.74) is 0. The summed E-state index contributed by atoms with van der Waals surface area (Å²) in [4.78, 5) is 15.2. The van der Waals surface area contributed by atoms with Gasteiger partial charge in [0, 0.05) is 32.2 Å². The molecular formula is C10H17N3O2. The third kappa shape index (κ3) is 4.60. The molecule has 5 heteroatoms. The van der Waals surface area contributed by atoms with E-state index < -0.39 is 0 Å². The van der Waals surface area contributed by atoms with Crippen molar-refractivity contribution < 1.29 is 9.53 Å². The van der Waals surface area contributed by atoms with Crippen LogP contribution in [-0.2, 0) is 4.74 Å². The van der Waals surface area contributed by atoms with E-state index in [0.717, 1.165) is 19.4 Å². The Hall–Kier alpha value is -1.36. The fraction of sp³-hybridized carbons (Fsp3) is 0.600. The van der Waals surface area contributed by atoms with Crippen molar-refractivity contribution in [3.63, 3.8) is 0 Å². The zero-order valence-corrected chi connectivity index (χ0v) is 8.98. The van der Waals surface area contributed by atoms with Gasteiger partial charge in [-0.3, -0.25) is 4.57 Å². The summed E-state index contributed by atoms with van der Waals surface area (Å²) in [6.45, 7) is 4.18. The Labute approximate surface area is 89.4 Å². The van der Waals surface area contributed by atoms with Gasteiger partial charge in [0.25, 0.3) is 0 Å². The molecule has 1 aromatic rings. The molecule has 0 saturated heterocycles. The third-order valence-electron chi connectivity index (χ3n) is 1.83. The van der Waals surface area contributed by atoms with Gasteiger partial charge in [-0.2, -0.15) is 0 Å². The first-order chi connectivity index (χ1) is 7.34. The van der Waals surface area contributed by atoms with E-state index in [2.05, 4.69) is 17.2 Å². The van der Waals surface area contributed by atoms with Crippen LogP contribution in [0.5, 0.6) is 0 Å². The fourth-order valence-corrected chi connectivity index (χ4v) is 1.09. The van der Waals surface area contributed by atoms with Crippen LogP contribution in [0, 0.1) is 0 Å². The lowest BCUT2D eigenvalue weighted by Crippen LogP contribution is -2.29. The van der Waals surface area contributed by atoms with Gasteiger partial charge in [0.1, 0.15) is 6.33 Å². The van der Waals surface area contributed by atoms with Crippen LogP contribution in [-0.4, -0.2) is 35.3 Å². The molecule has 0 aliphatic heterocycles. The molecule has 0 saturated carbocycles. The van der Waals surface area contributed by atoms with E-state index in [4.69, 9.17) is 4.74 Å². The Balaban J connectivity index is 2.03. The third-order valence-corrected chi connectivity index (χ3v) is 1.83. The molecule has 0 bridgehead atoms. The molecule has 0 aromatic carbocycles. The number of amides is 1. The second-order valence-electron chi connectivity index (χ2n) is 3.17. The summed E-state index contributed by atoms with van der Waals surface area (Å²) < 4.78 is 6.69. The predicted octanol–water partition coefficient (Wildman–Crippen LogP) is 1.26. The topological polar surface area (TPSA) is 56.1 Å². The number of hydrogen-bond acceptors (Lipinski definition) is 3. The SMILES string of the molecule is CCCOCCCNC(=O)n1ccnc1. The Morgan fingerprint density at radius 3 is 3.07 bits per heavy atom. The number of ether oxygens (including phenoxy) is 1. The van der Waals surface area contributed by atoms with Gasteiger partial charge in [0.2, 0.25) is 0 Å². The van der Waals surface area contributed by atoms with Crippen molar-refractivity contribution in [3.05, 3.63) is 18.7 Å². The lowest BCUT2D eigenvalue weighted by Gasteiger charge is -2.05. The first kappa shape index (κ1) is 11.7. The van der Waals surface area contributed by atoms with Gasteiger partial charge >= 0.3 is 6.03 Å². The second-order valence-corrected chi connectivity index (χ2v) is 3.17. The zero-order valence-electron chi connectivity index (χ0n) is 8.98. The molecular weight excluding hydrogens is 194 g/mol. The van der Waals surface area contributed by atoms with E-state index in [1.807, 2.05) is 0 Å². The average Bonchev–Trinajstić information content (AvgIpc) is 2.76. The van der Waals surface area contributed by atoms with Crippen molar-refractivity contribution in [2.24, 2.45) is 0 Å². The van der Waals surface area contributed by atoms with E-state index in [1.54, 1.807) is 12.4 Å². The van der Waals surface area contributed by atoms with E-state index in [0.29, 0.717) is 13.2 Å². The molecule has 0 atom stereocenters. The van der Waals surface area contributed by atoms with Crippen LogP contribution in [0.1, 0.15) is 19.8 Å². The molecule has 0 radical (unpaired) electrons. The Morgan fingerprint density at radius 2 is 2.40 bits per heavy atom. The molecule has 84 valence electrons. The average molecular weight is 211 g/mol. The summed E-state index contributed by atoms with van der Waals surface area (Å²) in [6, 6.07) is -0.150. The lowest BCUT2D eigenvalue weighted by atomic mass is 10.4. The van der Waals surface area contributed by atoms with Gasteiger partial charge in [-0.1, -0.05) is 6.92 Å². The minimum atomic E-state index is -0.150. The maximum absolute atomic E-state index is 11.4. The molecule has 15 heavy (non-hydrogen) atoms. The molecule has 5 nitrogen and oxygen atoms in total. The van der Waals surface area contributed by atoms with Crippen LogP contribution < -0.4 is 5.32 Å². The molecule has 0 aliphatic rings. The highest BCUT2D eigenvalue weighted by Crippen LogP contribution is 1.87. The monoisotopic (exact) mass is 211 g/mol. The predicted molar refractivity (Wildman–Crippen MR) is 56.8 cm³/mol. The van der Waals surface area contributed by atoms with Crippen LogP contribution in [0.3, 0.4) is 0 Å². The van der Waals surface area contributed by atoms with Crippen molar-refractivity contribution in [1.29, 1.82) is 0 Å². The summed E-state index contributed by atoms with van der Waals surface area (Å²) in [5.74, 6) is 0. The van der Waals surface area contributed by atoms with Crippen LogP contribution in [0.15, 0.2) is 18.7 Å². The minimum absolute atomic E-state index is 0.150. The summed E-state index contributed by atoms with van der Waals surface area (Å²) >= 11 is 0. The number of imidazole rings is 1. The Bertz CT molecular complexity index is 272. The Morgan fingerprint density at radius 1 is 1.53 bits per heavy atom. The molecule has 1 N–H and O–H groups in total. The van der Waals surface area contributed by atoms with E-state index >= 15 is 0 Å². The summed E-state index contributed by atoms with van der Waals surface area (Å²) in [6.07, 6.45) is 6.53. The number of nitrogens with one attached hydrogen (secondary N) is 1. The molecule has 0 aliphatic carbocycles. The van der Waals surface area contributed by atoms with Crippen molar-refractivity contribution in [3.8, 4) is 0 Å². The normalized spacial score (nSPS) is 10.2. The van der Waals surface area contributed by atoms with Gasteiger partial charge in [0.05, 0.1) is 0 Å². The largest absolute Gasteiger partial charge is 0.381 e. The first-order valence-corrected chi connectivity index (χ1v) is 5.18. The standard InChI is InChI=1S/C10H17N3O2/c1-2-7-15-8-3-4-12-10(14)13-6-5-11-9-13/h5-6,9H,2-4,7-8H2,1H3,(H,12,14). The zero-order chi connectivity index (χ0) is 10.9. The van der Waals surface area contributed by atoms with Crippen LogP contribution in [0.2, 0.25) is 0 Å². The van der Waals surface area contributed by atoms with Crippen molar-refractivity contribution in [2.45, 2.75) is 19.8 Å². The first-order valence-electron chi connectivity index (χ1n) is 5.18. The van der Waals surface area contributed by atoms with Crippen molar-refractivity contribution in [2.75, 3.05) is 19.8 Å². The van der Waals surface area contributed by atoms with Gasteiger partial charge in [-0.25, -0.2) is 9.78 Å². The fourth-order valence-electron chi connectivity index (χ4n) is 1.09. The molecule has 1 aromatic heterocycles. The number of carbonyl (C=O) groups excluding carboxylic acids is 1. The van der Waals surface area contributed by atoms with Crippen LogP contribution in [0.4, 0.5) is 4.79 Å². The Kier molecular flexibility index (Phi) is 5.47. The van der Waals surface area contributed by atoms with E-state index in [-0.39, 0.29) is 6.03 Å². The van der Waals surface area contributed by atoms with E-state index in [9.17, 15) is 4.79 Å². The van der Waals surface area contributed by atoms with Crippen LogP contribution >= 0.6 is 0 Å². The summed E-state index contributed by atoms with van der Waals surface area (Å²) in [5, 5.41) is 2.77. The molecule has 0 fully saturated rings. The minimum Gasteiger partial charge on any atom is -0.381 e. The number of nitrogens with zero attached hydrogens (tertiary/aromatic N) is 2. The molecule has 0 spiro atoms. The molecule has 1 amide bonds. The number of rotatable bonds is 6. The van der Waals surface area contributed by atoms with E-state index in [1.165, 1.54) is 10.9 Å². The second kappa shape index (κ2) is 7.00. The van der Waals surface area contributed by atoms with Gasteiger partial charge in [-0.05, 0) is 12.8 Å². The lowest BCUT2D eigenvalue weighted by molar-refractivity contribution is 0.132. The van der Waals surface area contributed by atoms with Crippen molar-refractivity contribution in [1.82, 2.24) is 14.9 Å². The molecule has 1 heterocycles. The highest BCUT2D eigenvalue weighted by Gasteiger charge is 2.00. The molecule has 1 rings (SSSR count). The quantitative estimate of drug-likeness (QED) is 0.721. The molecule has 0 unspecified atom stereocenters. The van der Waals surface area contributed by atoms with Gasteiger partial charge in [0.15, 0.2) is 0 Å². The highest BCUT2D eigenvalue weighted by molar-refractivity contribution is 5.76. The van der Waals surface area contributed by atoms with Crippen molar-refractivity contribution >= 4 is 6.03 Å². The van der Waals surface area contributed by atoms with Crippen LogP contribution in [0.25, 0.3) is 0 Å².